The lowest BCUT2D eigenvalue weighted by molar-refractivity contribution is 0.550. The van der Waals surface area contributed by atoms with E-state index in [2.05, 4.69) is 184 Å². The molecule has 1 fully saturated rings. The summed E-state index contributed by atoms with van der Waals surface area (Å²) in [5.41, 5.74) is 27.3. The second kappa shape index (κ2) is 11.0. The molecule has 0 radical (unpaired) electrons. The van der Waals surface area contributed by atoms with Gasteiger partial charge in [-0.2, -0.15) is 0 Å². The van der Waals surface area contributed by atoms with Gasteiger partial charge in [-0.1, -0.05) is 172 Å². The lowest BCUT2D eigenvalue weighted by atomic mass is 9.70. The minimum Gasteiger partial charge on any atom is -0.0619 e. The van der Waals surface area contributed by atoms with Crippen molar-refractivity contribution in [2.24, 2.45) is 0 Å². The maximum Gasteiger partial charge on any atom is 0.0725 e. The Balaban J connectivity index is 1.02. The second-order valence-corrected chi connectivity index (χ2v) is 17.9. The molecule has 0 N–H and O–H groups in total. The normalized spacial score (nSPS) is 17.1. The van der Waals surface area contributed by atoms with E-state index in [1.165, 1.54) is 126 Å². The largest absolute Gasteiger partial charge is 0.0725 e. The highest BCUT2D eigenvalue weighted by Gasteiger charge is 2.52. The van der Waals surface area contributed by atoms with Gasteiger partial charge in [-0.3, -0.25) is 0 Å². The van der Waals surface area contributed by atoms with Crippen LogP contribution in [-0.4, -0.2) is 0 Å². The molecule has 5 aliphatic carbocycles. The molecule has 13 rings (SSSR count). The van der Waals surface area contributed by atoms with Crippen molar-refractivity contribution >= 4 is 0 Å². The predicted molar refractivity (Wildman–Crippen MR) is 236 cm³/mol. The van der Waals surface area contributed by atoms with Gasteiger partial charge in [0, 0.05) is 10.8 Å². The Morgan fingerprint density at radius 2 is 0.632 bits per heavy atom. The van der Waals surface area contributed by atoms with Crippen molar-refractivity contribution in [1.82, 2.24) is 0 Å². The van der Waals surface area contributed by atoms with Crippen LogP contribution in [0.3, 0.4) is 0 Å². The van der Waals surface area contributed by atoms with Gasteiger partial charge in [-0.25, -0.2) is 0 Å². The SMILES string of the molecule is CC1(C)c2ccccc2-c2ccc(-c3ccc4c(c3)C3(c5ccccc5-c5ccccc53)c3cc(-c5ccc6c(c5)C5(CCCC5)c5ccccc5-6)ccc3-4)cc21. The summed E-state index contributed by atoms with van der Waals surface area (Å²) in [7, 11) is 0. The van der Waals surface area contributed by atoms with Crippen molar-refractivity contribution in [2.75, 3.05) is 0 Å². The third-order valence-corrected chi connectivity index (χ3v) is 15.1. The molecule has 2 spiro atoms. The van der Waals surface area contributed by atoms with E-state index in [1.807, 2.05) is 0 Å². The highest BCUT2D eigenvalue weighted by atomic mass is 14.5. The van der Waals surface area contributed by atoms with E-state index in [4.69, 9.17) is 0 Å². The molecule has 0 aromatic heterocycles. The van der Waals surface area contributed by atoms with E-state index >= 15 is 0 Å². The smallest absolute Gasteiger partial charge is 0.0619 e. The van der Waals surface area contributed by atoms with Crippen LogP contribution in [0.25, 0.3) is 66.8 Å². The lowest BCUT2D eigenvalue weighted by Gasteiger charge is -2.31. The topological polar surface area (TPSA) is 0 Å². The summed E-state index contributed by atoms with van der Waals surface area (Å²) in [5, 5.41) is 0. The summed E-state index contributed by atoms with van der Waals surface area (Å²) < 4.78 is 0. The van der Waals surface area contributed by atoms with E-state index in [9.17, 15) is 0 Å². The Bertz CT molecular complexity index is 3010. The minimum atomic E-state index is -0.421. The van der Waals surface area contributed by atoms with Gasteiger partial charge in [0.1, 0.15) is 0 Å². The Labute approximate surface area is 335 Å². The average molecular weight is 727 g/mol. The van der Waals surface area contributed by atoms with Gasteiger partial charge >= 0.3 is 0 Å². The zero-order chi connectivity index (χ0) is 37.7. The summed E-state index contributed by atoms with van der Waals surface area (Å²) in [5.74, 6) is 0. The van der Waals surface area contributed by atoms with Gasteiger partial charge in [-0.05, 0) is 148 Å². The Morgan fingerprint density at radius 1 is 0.298 bits per heavy atom. The van der Waals surface area contributed by atoms with Gasteiger partial charge in [-0.15, -0.1) is 0 Å². The third-order valence-electron chi connectivity index (χ3n) is 15.1. The molecule has 0 amide bonds. The fourth-order valence-corrected chi connectivity index (χ4v) is 12.5. The van der Waals surface area contributed by atoms with Crippen molar-refractivity contribution in [3.8, 4) is 66.8 Å². The molecule has 1 saturated carbocycles. The minimum absolute atomic E-state index is 0.0480. The molecule has 0 aliphatic heterocycles. The number of hydrogen-bond acceptors (Lipinski definition) is 0. The van der Waals surface area contributed by atoms with E-state index in [1.54, 1.807) is 11.1 Å². The van der Waals surface area contributed by atoms with Crippen LogP contribution in [-0.2, 0) is 16.2 Å². The average Bonchev–Trinajstić information content (AvgIpc) is 4.05. The fourth-order valence-electron chi connectivity index (χ4n) is 12.5. The van der Waals surface area contributed by atoms with Crippen molar-refractivity contribution in [2.45, 2.75) is 55.8 Å². The van der Waals surface area contributed by atoms with E-state index in [-0.39, 0.29) is 10.8 Å². The molecule has 57 heavy (non-hydrogen) atoms. The van der Waals surface area contributed by atoms with Gasteiger partial charge in [0.05, 0.1) is 5.41 Å². The zero-order valence-corrected chi connectivity index (χ0v) is 32.5. The summed E-state index contributed by atoms with van der Waals surface area (Å²) in [6, 6.07) is 65.9. The van der Waals surface area contributed by atoms with Crippen LogP contribution in [0, 0.1) is 0 Å². The monoisotopic (exact) mass is 726 g/mol. The Hall–Kier alpha value is -6.24. The molecule has 0 atom stereocenters. The highest BCUT2D eigenvalue weighted by Crippen LogP contribution is 2.64. The van der Waals surface area contributed by atoms with E-state index < -0.39 is 5.41 Å². The van der Waals surface area contributed by atoms with Crippen LogP contribution < -0.4 is 0 Å². The van der Waals surface area contributed by atoms with Crippen LogP contribution in [0.5, 0.6) is 0 Å². The molecule has 0 heterocycles. The molecule has 270 valence electrons. The molecule has 0 heteroatoms. The Kier molecular flexibility index (Phi) is 6.15. The van der Waals surface area contributed by atoms with Gasteiger partial charge in [0.15, 0.2) is 0 Å². The number of hydrogen-bond donors (Lipinski definition) is 0. The molecule has 5 aliphatic rings. The third kappa shape index (κ3) is 3.89. The summed E-state index contributed by atoms with van der Waals surface area (Å²) in [6.07, 6.45) is 5.09. The first kappa shape index (κ1) is 31.9. The van der Waals surface area contributed by atoms with Crippen LogP contribution >= 0.6 is 0 Å². The van der Waals surface area contributed by atoms with Crippen molar-refractivity contribution in [3.63, 3.8) is 0 Å². The van der Waals surface area contributed by atoms with Gasteiger partial charge in [0.2, 0.25) is 0 Å². The lowest BCUT2D eigenvalue weighted by Crippen LogP contribution is -2.26. The number of fused-ring (bicyclic) bond motifs is 18. The highest BCUT2D eigenvalue weighted by molar-refractivity contribution is 5.97. The van der Waals surface area contributed by atoms with E-state index in [0.29, 0.717) is 0 Å². The summed E-state index contributed by atoms with van der Waals surface area (Å²) in [6.45, 7) is 4.76. The van der Waals surface area contributed by atoms with E-state index in [0.717, 1.165) is 0 Å². The summed E-state index contributed by atoms with van der Waals surface area (Å²) >= 11 is 0. The quantitative estimate of drug-likeness (QED) is 0.166. The van der Waals surface area contributed by atoms with Crippen molar-refractivity contribution < 1.29 is 0 Å². The molecule has 8 aromatic carbocycles. The van der Waals surface area contributed by atoms with Crippen molar-refractivity contribution in [3.05, 3.63) is 214 Å². The number of benzene rings is 8. The molecular formula is C57H42. The molecule has 0 nitrogen and oxygen atoms in total. The molecule has 0 unspecified atom stereocenters. The maximum atomic E-state index is 2.57. The van der Waals surface area contributed by atoms with Gasteiger partial charge < -0.3 is 0 Å². The van der Waals surface area contributed by atoms with Gasteiger partial charge in [0.25, 0.3) is 0 Å². The maximum absolute atomic E-state index is 2.57. The second-order valence-electron chi connectivity index (χ2n) is 17.9. The molecule has 0 saturated heterocycles. The van der Waals surface area contributed by atoms with Crippen LogP contribution in [0.2, 0.25) is 0 Å². The standard InChI is InChI=1S/C57H42/c1-55(2)47-17-7-3-13-39(47)43-25-21-35(31-51(43)55)37-23-27-45-46-28-24-38(36-22-26-44-40-14-4-8-18-48(40)56(52(44)32-36)29-11-12-30-56)34-54(46)57(53(45)33-37)49-19-9-5-15-41(49)42-16-6-10-20-50(42)57/h3-10,13-28,31-34H,11-12,29-30H2,1-2H3. The first-order valence-electron chi connectivity index (χ1n) is 21.0. The van der Waals surface area contributed by atoms with Crippen LogP contribution in [0.1, 0.15) is 84.0 Å². The van der Waals surface area contributed by atoms with Crippen molar-refractivity contribution in [1.29, 1.82) is 0 Å². The van der Waals surface area contributed by atoms with Crippen LogP contribution in [0.15, 0.2) is 170 Å². The predicted octanol–water partition coefficient (Wildman–Crippen LogP) is 14.5. The first-order chi connectivity index (χ1) is 28.0. The zero-order valence-electron chi connectivity index (χ0n) is 32.5. The molecular weight excluding hydrogens is 685 g/mol. The summed E-state index contributed by atoms with van der Waals surface area (Å²) in [4.78, 5) is 0. The number of rotatable bonds is 2. The first-order valence-corrected chi connectivity index (χ1v) is 21.0. The Morgan fingerprint density at radius 3 is 1.14 bits per heavy atom. The fraction of sp³-hybridized carbons (Fsp3) is 0.158. The van der Waals surface area contributed by atoms with Crippen LogP contribution in [0.4, 0.5) is 0 Å². The molecule has 8 aromatic rings. The molecule has 0 bridgehead atoms.